The summed E-state index contributed by atoms with van der Waals surface area (Å²) < 4.78 is 1.92. The van der Waals surface area contributed by atoms with Crippen molar-refractivity contribution in [2.45, 2.75) is 37.9 Å². The molecule has 8 nitrogen and oxygen atoms in total. The van der Waals surface area contributed by atoms with Gasteiger partial charge in [-0.2, -0.15) is 5.01 Å². The normalized spacial score (nSPS) is 17.8. The molecule has 0 radical (unpaired) electrons. The van der Waals surface area contributed by atoms with Gasteiger partial charge in [0.2, 0.25) is 5.91 Å². The van der Waals surface area contributed by atoms with Crippen molar-refractivity contribution in [3.63, 3.8) is 0 Å². The lowest BCUT2D eigenvalue weighted by Gasteiger charge is -2.25. The summed E-state index contributed by atoms with van der Waals surface area (Å²) in [7, 11) is 0. The number of nitrogens with zero attached hydrogens (tertiary/aromatic N) is 3. The second-order valence-corrected chi connectivity index (χ2v) is 8.83. The van der Waals surface area contributed by atoms with Crippen LogP contribution in [0.2, 0.25) is 0 Å². The number of hydrogen-bond acceptors (Lipinski definition) is 5. The highest BCUT2D eigenvalue weighted by Crippen LogP contribution is 2.31. The molecule has 9 heteroatoms. The predicted octanol–water partition coefficient (Wildman–Crippen LogP) is 3.47. The lowest BCUT2D eigenvalue weighted by atomic mass is 9.87. The number of hydrazine groups is 1. The summed E-state index contributed by atoms with van der Waals surface area (Å²) in [6.45, 7) is 5.85. The van der Waals surface area contributed by atoms with Gasteiger partial charge < -0.3 is 5.32 Å². The first-order valence-electron chi connectivity index (χ1n) is 10.6. The molecule has 1 aliphatic heterocycles. The van der Waals surface area contributed by atoms with Crippen LogP contribution in [0.5, 0.6) is 0 Å². The number of aryl methyl sites for hydroxylation is 2. The molecule has 2 aromatic carbocycles. The molecule has 170 valence electrons. The van der Waals surface area contributed by atoms with Crippen molar-refractivity contribution >= 4 is 29.6 Å². The molecule has 4 amide bonds. The Kier molecular flexibility index (Phi) is 6.24. The first-order valence-corrected chi connectivity index (χ1v) is 11.6. The van der Waals surface area contributed by atoms with Crippen LogP contribution in [0.25, 0.3) is 5.69 Å². The average Bonchev–Trinajstić information content (AvgIpc) is 3.38. The van der Waals surface area contributed by atoms with E-state index < -0.39 is 23.4 Å². The van der Waals surface area contributed by atoms with Crippen molar-refractivity contribution in [2.75, 3.05) is 5.75 Å². The largest absolute Gasteiger partial charge is 0.344 e. The quantitative estimate of drug-likeness (QED) is 0.413. The molecule has 33 heavy (non-hydrogen) atoms. The summed E-state index contributed by atoms with van der Waals surface area (Å²) in [5.41, 5.74) is 5.12. The van der Waals surface area contributed by atoms with Crippen LogP contribution in [-0.2, 0) is 15.1 Å². The molecule has 1 saturated heterocycles. The first kappa shape index (κ1) is 22.6. The summed E-state index contributed by atoms with van der Waals surface area (Å²) >= 11 is 1.23. The van der Waals surface area contributed by atoms with Gasteiger partial charge in [0.15, 0.2) is 5.16 Å². The van der Waals surface area contributed by atoms with Crippen LogP contribution >= 0.6 is 11.8 Å². The summed E-state index contributed by atoms with van der Waals surface area (Å²) in [5.74, 6) is -0.987. The number of imide groups is 1. The molecule has 0 spiro atoms. The van der Waals surface area contributed by atoms with E-state index in [1.54, 1.807) is 18.3 Å². The number of aromatic nitrogens is 2. The highest BCUT2D eigenvalue weighted by molar-refractivity contribution is 7.99. The second-order valence-electron chi connectivity index (χ2n) is 7.89. The van der Waals surface area contributed by atoms with Crippen molar-refractivity contribution in [3.05, 3.63) is 77.6 Å². The fourth-order valence-corrected chi connectivity index (χ4v) is 4.64. The number of thioether (sulfide) groups is 1. The molecule has 2 N–H and O–H groups in total. The van der Waals surface area contributed by atoms with Gasteiger partial charge in [-0.3, -0.25) is 19.6 Å². The minimum atomic E-state index is -1.20. The van der Waals surface area contributed by atoms with Gasteiger partial charge in [-0.05, 0) is 43.0 Å². The van der Waals surface area contributed by atoms with Gasteiger partial charge in [0.1, 0.15) is 5.54 Å². The minimum absolute atomic E-state index is 0.0105. The highest BCUT2D eigenvalue weighted by Gasteiger charge is 2.52. The van der Waals surface area contributed by atoms with Crippen LogP contribution in [0, 0.1) is 13.8 Å². The number of hydrogen-bond donors (Lipinski definition) is 2. The molecule has 1 fully saturated rings. The Balaban J connectivity index is 1.45. The van der Waals surface area contributed by atoms with Crippen LogP contribution in [0.3, 0.4) is 0 Å². The van der Waals surface area contributed by atoms with E-state index in [0.717, 1.165) is 21.8 Å². The van der Waals surface area contributed by atoms with Gasteiger partial charge in [0, 0.05) is 12.4 Å². The third kappa shape index (κ3) is 4.23. The molecule has 0 bridgehead atoms. The van der Waals surface area contributed by atoms with Gasteiger partial charge in [-0.1, -0.05) is 61.2 Å². The third-order valence-corrected chi connectivity index (χ3v) is 6.66. The zero-order valence-corrected chi connectivity index (χ0v) is 19.5. The van der Waals surface area contributed by atoms with Gasteiger partial charge in [0.05, 0.1) is 11.4 Å². The van der Waals surface area contributed by atoms with Crippen molar-refractivity contribution in [1.29, 1.82) is 0 Å². The van der Waals surface area contributed by atoms with Gasteiger partial charge in [0.25, 0.3) is 5.91 Å². The molecule has 1 aromatic heterocycles. The zero-order valence-electron chi connectivity index (χ0n) is 18.7. The van der Waals surface area contributed by atoms with Crippen LogP contribution in [0.1, 0.15) is 30.0 Å². The lowest BCUT2D eigenvalue weighted by molar-refractivity contribution is -0.138. The Bertz CT molecular complexity index is 1210. The fraction of sp³-hybridized carbons (Fsp3) is 0.250. The molecule has 1 atom stereocenters. The van der Waals surface area contributed by atoms with E-state index in [1.165, 1.54) is 11.8 Å². The van der Waals surface area contributed by atoms with Crippen LogP contribution in [-0.4, -0.2) is 38.2 Å². The number of nitrogens with one attached hydrogen (secondary N) is 2. The molecular formula is C24H25N5O3S. The molecule has 4 rings (SSSR count). The maximum Gasteiger partial charge on any atom is 0.344 e. The van der Waals surface area contributed by atoms with E-state index in [0.29, 0.717) is 17.1 Å². The predicted molar refractivity (Wildman–Crippen MR) is 126 cm³/mol. The Hall–Kier alpha value is -3.59. The Morgan fingerprint density at radius 3 is 2.64 bits per heavy atom. The number of rotatable bonds is 7. The number of amides is 4. The number of carbonyl (C=O) groups excluding carboxylic acids is 3. The van der Waals surface area contributed by atoms with E-state index >= 15 is 0 Å². The molecule has 3 aromatic rings. The number of imidazole rings is 1. The maximum absolute atomic E-state index is 13.2. The Morgan fingerprint density at radius 1 is 1.15 bits per heavy atom. The van der Waals surface area contributed by atoms with Crippen molar-refractivity contribution < 1.29 is 14.4 Å². The summed E-state index contributed by atoms with van der Waals surface area (Å²) in [6, 6.07) is 14.5. The second kappa shape index (κ2) is 9.11. The van der Waals surface area contributed by atoms with Crippen molar-refractivity contribution in [1.82, 2.24) is 25.3 Å². The standard InChI is InChI=1S/C24H25N5O3S/c1-4-24(18-8-6-5-7-9-18)21(31)29(22(32)26-24)27-20(30)15-33-23-25-12-13-28(23)19-14-16(2)10-11-17(19)3/h5-14H,4,15H2,1-3H3,(H,26,32)(H,27,30). The van der Waals surface area contributed by atoms with Gasteiger partial charge in [-0.15, -0.1) is 0 Å². The molecule has 1 unspecified atom stereocenters. The average molecular weight is 464 g/mol. The molecule has 0 aliphatic carbocycles. The van der Waals surface area contributed by atoms with E-state index in [2.05, 4.69) is 21.8 Å². The topological polar surface area (TPSA) is 96.3 Å². The number of benzene rings is 2. The fourth-order valence-electron chi connectivity index (χ4n) is 3.88. The summed E-state index contributed by atoms with van der Waals surface area (Å²) in [6.07, 6.45) is 3.87. The maximum atomic E-state index is 13.2. The van der Waals surface area contributed by atoms with E-state index in [1.807, 2.05) is 61.9 Å². The molecular weight excluding hydrogens is 438 g/mol. The molecule has 1 aliphatic rings. The molecule has 2 heterocycles. The smallest absolute Gasteiger partial charge is 0.318 e. The van der Waals surface area contributed by atoms with Crippen molar-refractivity contribution in [2.24, 2.45) is 0 Å². The van der Waals surface area contributed by atoms with Crippen LogP contribution in [0.15, 0.2) is 66.1 Å². The molecule has 0 saturated carbocycles. The highest BCUT2D eigenvalue weighted by atomic mass is 32.2. The SMILES string of the molecule is CCC1(c2ccccc2)NC(=O)N(NC(=O)CSc2nccn2-c2cc(C)ccc2C)C1=O. The van der Waals surface area contributed by atoms with Crippen LogP contribution < -0.4 is 10.7 Å². The number of urea groups is 1. The lowest BCUT2D eigenvalue weighted by Crippen LogP contribution is -2.49. The van der Waals surface area contributed by atoms with Gasteiger partial charge in [-0.25, -0.2) is 9.78 Å². The van der Waals surface area contributed by atoms with E-state index in [-0.39, 0.29) is 5.75 Å². The summed E-state index contributed by atoms with van der Waals surface area (Å²) in [4.78, 5) is 42.7. The third-order valence-electron chi connectivity index (χ3n) is 5.69. The van der Waals surface area contributed by atoms with E-state index in [4.69, 9.17) is 0 Å². The Morgan fingerprint density at radius 2 is 1.91 bits per heavy atom. The van der Waals surface area contributed by atoms with Gasteiger partial charge >= 0.3 is 6.03 Å². The summed E-state index contributed by atoms with van der Waals surface area (Å²) in [5, 5.41) is 4.17. The Labute approximate surface area is 196 Å². The minimum Gasteiger partial charge on any atom is -0.318 e. The van der Waals surface area contributed by atoms with Crippen LogP contribution in [0.4, 0.5) is 4.79 Å². The number of carbonyl (C=O) groups is 3. The van der Waals surface area contributed by atoms with Crippen molar-refractivity contribution in [3.8, 4) is 5.69 Å². The zero-order chi connectivity index (χ0) is 23.6. The van der Waals surface area contributed by atoms with E-state index in [9.17, 15) is 14.4 Å². The monoisotopic (exact) mass is 463 g/mol. The first-order chi connectivity index (χ1) is 15.9.